The highest BCUT2D eigenvalue weighted by Gasteiger charge is 2.19. The van der Waals surface area contributed by atoms with Gasteiger partial charge in [0.25, 0.3) is 0 Å². The third-order valence-electron chi connectivity index (χ3n) is 4.65. The first kappa shape index (κ1) is 14.7. The van der Waals surface area contributed by atoms with Crippen LogP contribution in [0.15, 0.2) is 24.3 Å². The lowest BCUT2D eigenvalue weighted by atomic mass is 10.1. The molecule has 4 heteroatoms. The summed E-state index contributed by atoms with van der Waals surface area (Å²) in [6.45, 7) is 6.77. The number of benzene rings is 1. The van der Waals surface area contributed by atoms with Crippen molar-refractivity contribution in [2.45, 2.75) is 18.9 Å². The van der Waals surface area contributed by atoms with Crippen LogP contribution in [0.2, 0.25) is 0 Å². The number of piperidine rings is 1. The fourth-order valence-electron chi connectivity index (χ4n) is 3.11. The van der Waals surface area contributed by atoms with Crippen LogP contribution in [-0.4, -0.2) is 69.3 Å². The van der Waals surface area contributed by atoms with Gasteiger partial charge in [0.2, 0.25) is 0 Å². The molecule has 2 aliphatic rings. The van der Waals surface area contributed by atoms with Gasteiger partial charge in [-0.25, -0.2) is 0 Å². The van der Waals surface area contributed by atoms with E-state index in [0.717, 1.165) is 57.9 Å². The molecule has 0 atom stereocenters. The molecular weight excluding hydrogens is 262 g/mol. The molecule has 116 valence electrons. The van der Waals surface area contributed by atoms with Gasteiger partial charge in [-0.05, 0) is 39.1 Å². The van der Waals surface area contributed by atoms with E-state index in [9.17, 15) is 0 Å². The molecule has 2 aliphatic heterocycles. The Bertz CT molecular complexity index is 449. The molecule has 0 aromatic heterocycles. The van der Waals surface area contributed by atoms with Crippen LogP contribution in [0.3, 0.4) is 0 Å². The van der Waals surface area contributed by atoms with Crippen LogP contribution in [0.5, 0.6) is 5.75 Å². The van der Waals surface area contributed by atoms with E-state index >= 15 is 0 Å². The second kappa shape index (κ2) is 6.67. The van der Waals surface area contributed by atoms with Crippen molar-refractivity contribution in [2.24, 2.45) is 0 Å². The number of hydrogen-bond acceptors (Lipinski definition) is 4. The number of piperazine rings is 1. The Balaban J connectivity index is 1.60. The van der Waals surface area contributed by atoms with Gasteiger partial charge < -0.3 is 19.4 Å². The van der Waals surface area contributed by atoms with Crippen molar-refractivity contribution in [1.82, 2.24) is 9.80 Å². The van der Waals surface area contributed by atoms with Crippen molar-refractivity contribution in [3.63, 3.8) is 0 Å². The molecule has 0 unspecified atom stereocenters. The van der Waals surface area contributed by atoms with Gasteiger partial charge in [0.05, 0.1) is 0 Å². The van der Waals surface area contributed by atoms with Gasteiger partial charge in [0, 0.05) is 51.0 Å². The lowest BCUT2D eigenvalue weighted by Crippen LogP contribution is -2.44. The molecule has 2 heterocycles. The molecule has 3 rings (SSSR count). The van der Waals surface area contributed by atoms with E-state index in [1.54, 1.807) is 0 Å². The summed E-state index contributed by atoms with van der Waals surface area (Å²) >= 11 is 0. The zero-order chi connectivity index (χ0) is 14.7. The molecule has 0 amide bonds. The molecule has 0 aliphatic carbocycles. The first-order valence-electron chi connectivity index (χ1n) is 8.09. The van der Waals surface area contributed by atoms with Crippen LogP contribution in [0.25, 0.3) is 0 Å². The van der Waals surface area contributed by atoms with Gasteiger partial charge in [-0.2, -0.15) is 0 Å². The van der Waals surface area contributed by atoms with Crippen molar-refractivity contribution < 1.29 is 4.74 Å². The molecule has 1 aromatic rings. The van der Waals surface area contributed by atoms with E-state index in [4.69, 9.17) is 4.74 Å². The number of nitrogens with zero attached hydrogens (tertiary/aromatic N) is 3. The predicted molar refractivity (Wildman–Crippen MR) is 87.3 cm³/mol. The summed E-state index contributed by atoms with van der Waals surface area (Å²) in [6, 6.07) is 8.63. The van der Waals surface area contributed by atoms with Crippen molar-refractivity contribution in [1.29, 1.82) is 0 Å². The largest absolute Gasteiger partial charge is 0.490 e. The van der Waals surface area contributed by atoms with Gasteiger partial charge >= 0.3 is 0 Å². The van der Waals surface area contributed by atoms with E-state index < -0.39 is 0 Å². The maximum absolute atomic E-state index is 6.19. The quantitative estimate of drug-likeness (QED) is 0.846. The fourth-order valence-corrected chi connectivity index (χ4v) is 3.11. The van der Waals surface area contributed by atoms with Gasteiger partial charge in [0.15, 0.2) is 0 Å². The number of likely N-dealkylation sites (N-methyl/N-ethyl adjacent to an activating group) is 1. The second-order valence-corrected chi connectivity index (χ2v) is 6.41. The van der Waals surface area contributed by atoms with Crippen LogP contribution in [0.1, 0.15) is 12.8 Å². The van der Waals surface area contributed by atoms with Crippen LogP contribution in [0, 0.1) is 0 Å². The average Bonchev–Trinajstić information content (AvgIpc) is 2.51. The van der Waals surface area contributed by atoms with Gasteiger partial charge in [0.1, 0.15) is 11.9 Å². The van der Waals surface area contributed by atoms with Gasteiger partial charge in [-0.15, -0.1) is 0 Å². The summed E-state index contributed by atoms with van der Waals surface area (Å²) in [7, 11) is 4.38. The highest BCUT2D eigenvalue weighted by Crippen LogP contribution is 2.25. The average molecular weight is 289 g/mol. The van der Waals surface area contributed by atoms with Crippen molar-refractivity contribution in [3.8, 4) is 5.75 Å². The SMILES string of the molecule is CN1CCC(Oc2cccc(N3CCN(C)CC3)c2)CC1. The minimum Gasteiger partial charge on any atom is -0.490 e. The summed E-state index contributed by atoms with van der Waals surface area (Å²) in [6.07, 6.45) is 2.65. The number of hydrogen-bond donors (Lipinski definition) is 0. The van der Waals surface area contributed by atoms with Crippen LogP contribution in [-0.2, 0) is 0 Å². The molecule has 4 nitrogen and oxygen atoms in total. The Morgan fingerprint density at radius 3 is 2.29 bits per heavy atom. The van der Waals surface area contributed by atoms with Crippen LogP contribution in [0.4, 0.5) is 5.69 Å². The van der Waals surface area contributed by atoms with Crippen molar-refractivity contribution in [2.75, 3.05) is 58.3 Å². The molecule has 0 bridgehead atoms. The third kappa shape index (κ3) is 3.89. The molecule has 21 heavy (non-hydrogen) atoms. The molecule has 2 saturated heterocycles. The standard InChI is InChI=1S/C17H27N3O/c1-18-8-6-16(7-9-18)21-17-5-3-4-15(14-17)20-12-10-19(2)11-13-20/h3-5,14,16H,6-13H2,1-2H3. The lowest BCUT2D eigenvalue weighted by molar-refractivity contribution is 0.114. The lowest BCUT2D eigenvalue weighted by Gasteiger charge is -2.34. The van der Waals surface area contributed by atoms with Gasteiger partial charge in [-0.3, -0.25) is 0 Å². The summed E-state index contributed by atoms with van der Waals surface area (Å²) in [5, 5.41) is 0. The molecular formula is C17H27N3O. The minimum absolute atomic E-state index is 0.379. The zero-order valence-corrected chi connectivity index (χ0v) is 13.3. The summed E-state index contributed by atoms with van der Waals surface area (Å²) < 4.78 is 6.19. The Labute approximate surface area is 128 Å². The maximum Gasteiger partial charge on any atom is 0.121 e. The predicted octanol–water partition coefficient (Wildman–Crippen LogP) is 1.91. The molecule has 0 radical (unpaired) electrons. The third-order valence-corrected chi connectivity index (χ3v) is 4.65. The molecule has 0 spiro atoms. The van der Waals surface area contributed by atoms with Crippen LogP contribution >= 0.6 is 0 Å². The van der Waals surface area contributed by atoms with Crippen LogP contribution < -0.4 is 9.64 Å². The van der Waals surface area contributed by atoms with Crippen molar-refractivity contribution >= 4 is 5.69 Å². The summed E-state index contributed by atoms with van der Waals surface area (Å²) in [4.78, 5) is 7.22. The Kier molecular flexibility index (Phi) is 4.66. The highest BCUT2D eigenvalue weighted by atomic mass is 16.5. The number of rotatable bonds is 3. The topological polar surface area (TPSA) is 19.0 Å². The maximum atomic E-state index is 6.19. The van der Waals surface area contributed by atoms with Gasteiger partial charge in [-0.1, -0.05) is 6.07 Å². The van der Waals surface area contributed by atoms with Crippen molar-refractivity contribution in [3.05, 3.63) is 24.3 Å². The fraction of sp³-hybridized carbons (Fsp3) is 0.647. The Morgan fingerprint density at radius 2 is 1.57 bits per heavy atom. The smallest absolute Gasteiger partial charge is 0.121 e. The highest BCUT2D eigenvalue weighted by molar-refractivity contribution is 5.51. The minimum atomic E-state index is 0.379. The summed E-state index contributed by atoms with van der Waals surface area (Å²) in [5.41, 5.74) is 1.30. The number of likely N-dealkylation sites (tertiary alicyclic amines) is 1. The Hall–Kier alpha value is -1.26. The molecule has 2 fully saturated rings. The number of anilines is 1. The number of ether oxygens (including phenoxy) is 1. The normalized spacial score (nSPS) is 22.5. The molecule has 0 N–H and O–H groups in total. The monoisotopic (exact) mass is 289 g/mol. The van der Waals surface area contributed by atoms with E-state index in [-0.39, 0.29) is 0 Å². The second-order valence-electron chi connectivity index (χ2n) is 6.41. The Morgan fingerprint density at radius 1 is 0.905 bits per heavy atom. The summed E-state index contributed by atoms with van der Waals surface area (Å²) in [5.74, 6) is 1.03. The molecule has 0 saturated carbocycles. The van der Waals surface area contributed by atoms with E-state index in [1.807, 2.05) is 0 Å². The zero-order valence-electron chi connectivity index (χ0n) is 13.3. The molecule has 1 aromatic carbocycles. The van der Waals surface area contributed by atoms with E-state index in [1.165, 1.54) is 5.69 Å². The van der Waals surface area contributed by atoms with E-state index in [2.05, 4.69) is 53.1 Å². The van der Waals surface area contributed by atoms with E-state index in [0.29, 0.717) is 6.10 Å². The first-order chi connectivity index (χ1) is 10.2. The first-order valence-corrected chi connectivity index (χ1v) is 8.09.